The van der Waals surface area contributed by atoms with Crippen LogP contribution in [-0.2, 0) is 14.9 Å². The van der Waals surface area contributed by atoms with Crippen LogP contribution in [0.3, 0.4) is 0 Å². The lowest BCUT2D eigenvalue weighted by Gasteiger charge is -2.18. The highest BCUT2D eigenvalue weighted by molar-refractivity contribution is 7.86. The van der Waals surface area contributed by atoms with Gasteiger partial charge in [0, 0.05) is 0 Å². The molecule has 1 heterocycles. The van der Waals surface area contributed by atoms with Gasteiger partial charge in [-0.2, -0.15) is 21.6 Å². The fourth-order valence-corrected chi connectivity index (χ4v) is 0.223. The van der Waals surface area contributed by atoms with E-state index < -0.39 is 15.6 Å². The largest absolute Gasteiger partial charge is 0.522 e. The van der Waals surface area contributed by atoms with Crippen LogP contribution in [0.5, 0.6) is 0 Å². The quantitative estimate of drug-likeness (QED) is 0.438. The molecule has 2 N–H and O–H groups in total. The number of hydrogen-bond acceptors (Lipinski definition) is 4. The van der Waals surface area contributed by atoms with Crippen molar-refractivity contribution in [1.29, 1.82) is 0 Å². The van der Waals surface area contributed by atoms with Crippen LogP contribution in [0, 0.1) is 0 Å². The molecule has 1 aliphatic heterocycles. The van der Waals surface area contributed by atoms with E-state index in [0.29, 0.717) is 13.2 Å². The third kappa shape index (κ3) is 5.03. The van der Waals surface area contributed by atoms with Crippen molar-refractivity contribution < 1.29 is 36.0 Å². The molecule has 5 nitrogen and oxygen atoms in total. The van der Waals surface area contributed by atoms with E-state index in [-0.39, 0.29) is 6.10 Å². The van der Waals surface area contributed by atoms with Gasteiger partial charge in [0.25, 0.3) is 0 Å². The van der Waals surface area contributed by atoms with E-state index >= 15 is 0 Å². The Labute approximate surface area is 71.9 Å². The van der Waals surface area contributed by atoms with Gasteiger partial charge in [0.15, 0.2) is 0 Å². The van der Waals surface area contributed by atoms with E-state index in [4.69, 9.17) is 18.1 Å². The normalized spacial score (nSPS) is 18.5. The van der Waals surface area contributed by atoms with Gasteiger partial charge in [-0.05, 0) is 0 Å². The van der Waals surface area contributed by atoms with E-state index in [1.165, 1.54) is 0 Å². The monoisotopic (exact) mass is 224 g/mol. The number of halogens is 3. The van der Waals surface area contributed by atoms with E-state index in [1.807, 2.05) is 0 Å². The summed E-state index contributed by atoms with van der Waals surface area (Å²) in [5.41, 5.74) is -5.53. The first-order chi connectivity index (χ1) is 5.64. The van der Waals surface area contributed by atoms with Crippen molar-refractivity contribution in [3.63, 3.8) is 0 Å². The fourth-order valence-electron chi connectivity index (χ4n) is 0.223. The van der Waals surface area contributed by atoms with Gasteiger partial charge in [-0.25, -0.2) is 0 Å². The zero-order valence-electron chi connectivity index (χ0n) is 6.15. The average molecular weight is 224 g/mol. The number of aliphatic hydroxyl groups is 1. The molecular formula is C4H7F3O5S. The molecule has 1 aliphatic rings. The Morgan fingerprint density at radius 2 is 1.54 bits per heavy atom. The van der Waals surface area contributed by atoms with Gasteiger partial charge in [0.2, 0.25) is 0 Å². The Kier molecular flexibility index (Phi) is 4.10. The number of rotatable bonds is 0. The second-order valence-electron chi connectivity index (χ2n) is 2.11. The van der Waals surface area contributed by atoms with Crippen molar-refractivity contribution >= 4 is 10.1 Å². The zero-order chi connectivity index (χ0) is 10.7. The van der Waals surface area contributed by atoms with Crippen molar-refractivity contribution in [2.45, 2.75) is 11.6 Å². The summed E-state index contributed by atoms with van der Waals surface area (Å²) >= 11 is 0. The molecule has 0 radical (unpaired) electrons. The first kappa shape index (κ1) is 12.6. The van der Waals surface area contributed by atoms with Gasteiger partial charge in [-0.15, -0.1) is 0 Å². The minimum Gasteiger partial charge on any atom is -0.388 e. The Balaban J connectivity index is 0.000000243. The predicted octanol–water partition coefficient (Wildman–Crippen LogP) is -0.228. The Morgan fingerprint density at radius 1 is 1.31 bits per heavy atom. The van der Waals surface area contributed by atoms with Crippen LogP contribution in [0.25, 0.3) is 0 Å². The molecule has 0 aromatic rings. The molecule has 0 aromatic carbocycles. The summed E-state index contributed by atoms with van der Waals surface area (Å²) in [6.45, 7) is 1.08. The lowest BCUT2D eigenvalue weighted by Crippen LogP contribution is -2.32. The second kappa shape index (κ2) is 4.22. The van der Waals surface area contributed by atoms with Crippen LogP contribution in [0.4, 0.5) is 13.2 Å². The molecule has 0 aliphatic carbocycles. The number of ether oxygens (including phenoxy) is 1. The number of aliphatic hydroxyl groups excluding tert-OH is 1. The van der Waals surface area contributed by atoms with Crippen LogP contribution < -0.4 is 0 Å². The maximum absolute atomic E-state index is 10.7. The molecule has 80 valence electrons. The van der Waals surface area contributed by atoms with Crippen LogP contribution in [-0.4, -0.2) is 42.9 Å². The van der Waals surface area contributed by atoms with E-state index in [1.54, 1.807) is 0 Å². The molecule has 1 saturated heterocycles. The molecular weight excluding hydrogens is 217 g/mol. The molecule has 0 bridgehead atoms. The molecule has 0 atom stereocenters. The zero-order valence-corrected chi connectivity index (χ0v) is 6.97. The van der Waals surface area contributed by atoms with Gasteiger partial charge >= 0.3 is 15.6 Å². The van der Waals surface area contributed by atoms with E-state index in [2.05, 4.69) is 4.74 Å². The third-order valence-electron chi connectivity index (χ3n) is 0.913. The maximum Gasteiger partial charge on any atom is 0.522 e. The summed E-state index contributed by atoms with van der Waals surface area (Å²) in [4.78, 5) is 0. The van der Waals surface area contributed by atoms with Crippen molar-refractivity contribution in [1.82, 2.24) is 0 Å². The molecule has 0 aromatic heterocycles. The Bertz CT molecular complexity index is 241. The summed E-state index contributed by atoms with van der Waals surface area (Å²) in [6.07, 6.45) is -0.157. The van der Waals surface area contributed by atoms with Crippen LogP contribution in [0.2, 0.25) is 0 Å². The van der Waals surface area contributed by atoms with Crippen molar-refractivity contribution in [2.75, 3.05) is 13.2 Å². The summed E-state index contributed by atoms with van der Waals surface area (Å²) < 4.78 is 62.1. The summed E-state index contributed by atoms with van der Waals surface area (Å²) in [6, 6.07) is 0. The number of alkyl halides is 3. The molecule has 9 heteroatoms. The predicted molar refractivity (Wildman–Crippen MR) is 34.4 cm³/mol. The first-order valence-corrected chi connectivity index (χ1v) is 4.38. The minimum absolute atomic E-state index is 0.157. The van der Waals surface area contributed by atoms with Gasteiger partial charge in [0.05, 0.1) is 13.2 Å². The van der Waals surface area contributed by atoms with Crippen LogP contribution in [0.1, 0.15) is 0 Å². The average Bonchev–Trinajstić information content (AvgIpc) is 1.80. The highest BCUT2D eigenvalue weighted by Gasteiger charge is 2.44. The lowest BCUT2D eigenvalue weighted by atomic mass is 10.3. The Hall–Kier alpha value is -0.380. The van der Waals surface area contributed by atoms with Crippen LogP contribution in [0.15, 0.2) is 0 Å². The highest BCUT2D eigenvalue weighted by Crippen LogP contribution is 2.20. The molecule has 1 fully saturated rings. The summed E-state index contributed by atoms with van der Waals surface area (Å²) in [5.74, 6) is 0. The van der Waals surface area contributed by atoms with Crippen LogP contribution >= 0.6 is 0 Å². The van der Waals surface area contributed by atoms with Crippen molar-refractivity contribution in [2.24, 2.45) is 0 Å². The van der Waals surface area contributed by atoms with Crippen molar-refractivity contribution in [3.8, 4) is 0 Å². The Morgan fingerprint density at radius 3 is 1.54 bits per heavy atom. The molecule has 0 amide bonds. The van der Waals surface area contributed by atoms with Gasteiger partial charge in [-0.3, -0.25) is 4.55 Å². The first-order valence-electron chi connectivity index (χ1n) is 2.94. The molecule has 1 rings (SSSR count). The standard InChI is InChI=1S/C3H6O2.CHF3O3S/c4-3-1-5-2-3;2-1(3,4)8(5,6)7/h3-4H,1-2H2;(H,5,6,7). The summed E-state index contributed by atoms with van der Waals surface area (Å²) in [5, 5.41) is 8.32. The minimum atomic E-state index is -5.84. The summed E-state index contributed by atoms with van der Waals surface area (Å²) in [7, 11) is -5.84. The van der Waals surface area contributed by atoms with Gasteiger partial charge < -0.3 is 9.84 Å². The molecule has 13 heavy (non-hydrogen) atoms. The topological polar surface area (TPSA) is 83.8 Å². The van der Waals surface area contributed by atoms with E-state index in [0.717, 1.165) is 0 Å². The maximum atomic E-state index is 10.7. The molecule has 0 unspecified atom stereocenters. The van der Waals surface area contributed by atoms with E-state index in [9.17, 15) is 13.2 Å². The van der Waals surface area contributed by atoms with Gasteiger partial charge in [0.1, 0.15) is 6.10 Å². The van der Waals surface area contributed by atoms with Gasteiger partial charge in [-0.1, -0.05) is 0 Å². The van der Waals surface area contributed by atoms with Crippen molar-refractivity contribution in [3.05, 3.63) is 0 Å². The molecule has 0 saturated carbocycles. The molecule has 0 spiro atoms. The lowest BCUT2D eigenvalue weighted by molar-refractivity contribution is -0.0936. The smallest absolute Gasteiger partial charge is 0.388 e. The SMILES string of the molecule is O=S(=O)(O)C(F)(F)F.OC1COC1. The second-order valence-corrected chi connectivity index (χ2v) is 3.53. The fraction of sp³-hybridized carbons (Fsp3) is 1.00. The third-order valence-corrected chi connectivity index (χ3v) is 1.50. The number of hydrogen-bond donors (Lipinski definition) is 2. The highest BCUT2D eigenvalue weighted by atomic mass is 32.2.